The van der Waals surface area contributed by atoms with Crippen molar-refractivity contribution < 1.29 is 0 Å². The molecule has 0 aliphatic heterocycles. The van der Waals surface area contributed by atoms with Crippen LogP contribution in [0.2, 0.25) is 0 Å². The molecule has 0 nitrogen and oxygen atoms in total. The van der Waals surface area contributed by atoms with E-state index in [4.69, 9.17) is 0 Å². The molecule has 0 rings (SSSR count). The molecule has 0 heterocycles. The van der Waals surface area contributed by atoms with Crippen molar-refractivity contribution in [1.29, 1.82) is 0 Å². The van der Waals surface area contributed by atoms with Crippen molar-refractivity contribution in [2.45, 2.75) is 6.92 Å². The first-order valence-corrected chi connectivity index (χ1v) is 3.77. The first-order chi connectivity index (χ1) is 4.27. The molecule has 0 N–H and O–H groups in total. The highest BCUT2D eigenvalue weighted by atomic mass is 79.9. The lowest BCUT2D eigenvalue weighted by atomic mass is 10.3. The van der Waals surface area contributed by atoms with Crippen LogP contribution in [0.5, 0.6) is 0 Å². The number of halogens is 1. The van der Waals surface area contributed by atoms with Crippen LogP contribution in [0, 0.1) is 11.8 Å². The van der Waals surface area contributed by atoms with Gasteiger partial charge in [-0.3, -0.25) is 0 Å². The van der Waals surface area contributed by atoms with Crippen molar-refractivity contribution in [2.75, 3.05) is 5.33 Å². The molecule has 0 fully saturated rings. The Labute approximate surface area is 64.8 Å². The van der Waals surface area contributed by atoms with Crippen LogP contribution >= 0.6 is 15.9 Å². The van der Waals surface area contributed by atoms with E-state index in [2.05, 4.69) is 34.3 Å². The summed E-state index contributed by atoms with van der Waals surface area (Å²) in [4.78, 5) is 0. The average Bonchev–Trinajstić information content (AvgIpc) is 1.80. The third-order valence-corrected chi connectivity index (χ3v) is 0.950. The summed E-state index contributed by atoms with van der Waals surface area (Å²) in [6.07, 6.45) is 3.75. The van der Waals surface area contributed by atoms with Gasteiger partial charge in [0, 0.05) is 5.33 Å². The Morgan fingerprint density at radius 1 is 1.78 bits per heavy atom. The molecule has 0 radical (unpaired) electrons. The first-order valence-electron chi connectivity index (χ1n) is 2.65. The monoisotopic (exact) mass is 184 g/mol. The van der Waals surface area contributed by atoms with Crippen molar-refractivity contribution in [3.8, 4) is 11.8 Å². The maximum Gasteiger partial charge on any atom is 0.0221 e. The van der Waals surface area contributed by atoms with Gasteiger partial charge in [0.25, 0.3) is 0 Å². The first kappa shape index (κ1) is 8.52. The number of allylic oxidation sites excluding steroid dienone is 3. The van der Waals surface area contributed by atoms with Crippen LogP contribution in [0.1, 0.15) is 6.92 Å². The smallest absolute Gasteiger partial charge is 0.0221 e. The van der Waals surface area contributed by atoms with E-state index >= 15 is 0 Å². The molecule has 0 aliphatic carbocycles. The normalized spacial score (nSPS) is 8.67. The molecule has 0 aromatic heterocycles. The number of rotatable bonds is 1. The van der Waals surface area contributed by atoms with Gasteiger partial charge in [-0.05, 0) is 18.6 Å². The largest absolute Gasteiger partial charge is 0.0883 e. The van der Waals surface area contributed by atoms with Crippen LogP contribution in [0.15, 0.2) is 24.3 Å². The Bertz CT molecular complexity index is 167. The van der Waals surface area contributed by atoms with Gasteiger partial charge in [0.1, 0.15) is 0 Å². The van der Waals surface area contributed by atoms with Crippen molar-refractivity contribution in [1.82, 2.24) is 0 Å². The molecule has 48 valence electrons. The van der Waals surface area contributed by atoms with Gasteiger partial charge in [0.15, 0.2) is 0 Å². The molecule has 0 unspecified atom stereocenters. The molecule has 0 aromatic carbocycles. The fourth-order valence-corrected chi connectivity index (χ4v) is 0.455. The predicted octanol–water partition coefficient (Wildman–Crippen LogP) is 2.52. The number of hydrogen-bond donors (Lipinski definition) is 0. The standard InChI is InChI=1S/C8H9Br/c1-8(2)6-4-3-5-7-9/h3,5H,1,7H2,2H3. The molecular formula is C8H9Br. The van der Waals surface area contributed by atoms with Gasteiger partial charge in [-0.15, -0.1) is 0 Å². The zero-order valence-electron chi connectivity index (χ0n) is 5.45. The van der Waals surface area contributed by atoms with Crippen LogP contribution < -0.4 is 0 Å². The lowest BCUT2D eigenvalue weighted by Gasteiger charge is -1.73. The third kappa shape index (κ3) is 7.52. The van der Waals surface area contributed by atoms with Gasteiger partial charge in [-0.2, -0.15) is 0 Å². The molecule has 0 spiro atoms. The second kappa shape index (κ2) is 5.65. The lowest BCUT2D eigenvalue weighted by Crippen LogP contribution is -1.60. The van der Waals surface area contributed by atoms with Gasteiger partial charge in [0.05, 0.1) is 0 Å². The van der Waals surface area contributed by atoms with E-state index in [-0.39, 0.29) is 0 Å². The molecule has 0 amide bonds. The van der Waals surface area contributed by atoms with Crippen LogP contribution in [-0.2, 0) is 0 Å². The minimum Gasteiger partial charge on any atom is -0.0883 e. The molecule has 1 heteroatoms. The Hall–Kier alpha value is -0.480. The summed E-state index contributed by atoms with van der Waals surface area (Å²) in [5.74, 6) is 5.65. The predicted molar refractivity (Wildman–Crippen MR) is 45.5 cm³/mol. The highest BCUT2D eigenvalue weighted by molar-refractivity contribution is 9.09. The topological polar surface area (TPSA) is 0 Å². The van der Waals surface area contributed by atoms with Crippen LogP contribution in [-0.4, -0.2) is 5.33 Å². The van der Waals surface area contributed by atoms with E-state index < -0.39 is 0 Å². The summed E-state index contributed by atoms with van der Waals surface area (Å²) in [6, 6.07) is 0. The highest BCUT2D eigenvalue weighted by Crippen LogP contribution is 1.82. The fourth-order valence-electron chi connectivity index (χ4n) is 0.268. The zero-order valence-corrected chi connectivity index (χ0v) is 7.03. The highest BCUT2D eigenvalue weighted by Gasteiger charge is 1.66. The van der Waals surface area contributed by atoms with E-state index in [1.807, 2.05) is 19.1 Å². The molecular weight excluding hydrogens is 176 g/mol. The summed E-state index contributed by atoms with van der Waals surface area (Å²) in [5.41, 5.74) is 0.897. The third-order valence-electron chi connectivity index (χ3n) is 0.576. The molecule has 0 bridgehead atoms. The van der Waals surface area contributed by atoms with Crippen molar-refractivity contribution >= 4 is 15.9 Å². The van der Waals surface area contributed by atoms with Crippen molar-refractivity contribution in [2.24, 2.45) is 0 Å². The second-order valence-electron chi connectivity index (χ2n) is 1.61. The Morgan fingerprint density at radius 3 is 2.89 bits per heavy atom. The minimum absolute atomic E-state index is 0.859. The van der Waals surface area contributed by atoms with Gasteiger partial charge in [-0.25, -0.2) is 0 Å². The molecule has 0 aromatic rings. The molecule has 0 saturated heterocycles. The maximum atomic E-state index is 3.63. The van der Waals surface area contributed by atoms with Crippen LogP contribution in [0.4, 0.5) is 0 Å². The van der Waals surface area contributed by atoms with Gasteiger partial charge in [-0.1, -0.05) is 40.4 Å². The second-order valence-corrected chi connectivity index (χ2v) is 2.25. The molecule has 9 heavy (non-hydrogen) atoms. The summed E-state index contributed by atoms with van der Waals surface area (Å²) in [7, 11) is 0. The van der Waals surface area contributed by atoms with Gasteiger partial charge >= 0.3 is 0 Å². The van der Waals surface area contributed by atoms with E-state index in [1.165, 1.54) is 0 Å². The SMILES string of the molecule is C=C(C)C#CC=CCBr. The number of alkyl halides is 1. The number of hydrogen-bond acceptors (Lipinski definition) is 0. The van der Waals surface area contributed by atoms with Crippen LogP contribution in [0.25, 0.3) is 0 Å². The molecule has 0 atom stereocenters. The summed E-state index contributed by atoms with van der Waals surface area (Å²) in [6.45, 7) is 5.52. The lowest BCUT2D eigenvalue weighted by molar-refractivity contribution is 1.62. The van der Waals surface area contributed by atoms with Gasteiger partial charge < -0.3 is 0 Å². The minimum atomic E-state index is 0.859. The van der Waals surface area contributed by atoms with Gasteiger partial charge in [0.2, 0.25) is 0 Å². The summed E-state index contributed by atoms with van der Waals surface area (Å²) < 4.78 is 0. The average molecular weight is 185 g/mol. The summed E-state index contributed by atoms with van der Waals surface area (Å²) >= 11 is 3.24. The van der Waals surface area contributed by atoms with E-state index in [9.17, 15) is 0 Å². The molecule has 0 saturated carbocycles. The Morgan fingerprint density at radius 2 is 2.44 bits per heavy atom. The van der Waals surface area contributed by atoms with E-state index in [0.29, 0.717) is 0 Å². The fraction of sp³-hybridized carbons (Fsp3) is 0.250. The van der Waals surface area contributed by atoms with Crippen LogP contribution in [0.3, 0.4) is 0 Å². The Kier molecular flexibility index (Phi) is 5.35. The van der Waals surface area contributed by atoms with E-state index in [1.54, 1.807) is 0 Å². The molecule has 0 aliphatic rings. The quantitative estimate of drug-likeness (QED) is 0.435. The zero-order chi connectivity index (χ0) is 7.11. The van der Waals surface area contributed by atoms with Crippen molar-refractivity contribution in [3.05, 3.63) is 24.3 Å². The maximum absolute atomic E-state index is 3.63. The van der Waals surface area contributed by atoms with Crippen molar-refractivity contribution in [3.63, 3.8) is 0 Å². The Balaban J connectivity index is 3.62. The van der Waals surface area contributed by atoms with E-state index in [0.717, 1.165) is 10.9 Å². The summed E-state index contributed by atoms with van der Waals surface area (Å²) in [5, 5.41) is 0.859.